The standard InChI is InChI=1S/C14H18F2N6/c1-10-2-3-12(20-19-10)21-8-11(9-21)6-17-7-13-18-4-5-22(13)14(15)16/h2-5,11,14,17H,6-9H2,1H3. The van der Waals surface area contributed by atoms with Gasteiger partial charge in [0.05, 0.1) is 12.2 Å². The molecule has 0 aliphatic carbocycles. The van der Waals surface area contributed by atoms with Crippen LogP contribution in [0, 0.1) is 12.8 Å². The van der Waals surface area contributed by atoms with E-state index in [-0.39, 0.29) is 0 Å². The second-order valence-electron chi connectivity index (χ2n) is 5.46. The highest BCUT2D eigenvalue weighted by atomic mass is 19.3. The van der Waals surface area contributed by atoms with Crippen LogP contribution in [0.4, 0.5) is 14.6 Å². The average Bonchev–Trinajstić information content (AvgIpc) is 2.91. The molecule has 2 aromatic heterocycles. The summed E-state index contributed by atoms with van der Waals surface area (Å²) < 4.78 is 26.2. The molecule has 8 heteroatoms. The lowest BCUT2D eigenvalue weighted by molar-refractivity contribution is 0.0665. The molecule has 118 valence electrons. The number of hydrogen-bond acceptors (Lipinski definition) is 5. The maximum Gasteiger partial charge on any atom is 0.319 e. The fourth-order valence-corrected chi connectivity index (χ4v) is 2.49. The van der Waals surface area contributed by atoms with Crippen molar-refractivity contribution < 1.29 is 8.78 Å². The molecule has 0 atom stereocenters. The van der Waals surface area contributed by atoms with Gasteiger partial charge in [0.2, 0.25) is 0 Å². The van der Waals surface area contributed by atoms with Gasteiger partial charge in [-0.3, -0.25) is 4.57 Å². The van der Waals surface area contributed by atoms with Crippen molar-refractivity contribution in [3.8, 4) is 0 Å². The lowest BCUT2D eigenvalue weighted by Gasteiger charge is -2.40. The van der Waals surface area contributed by atoms with Crippen molar-refractivity contribution in [3.05, 3.63) is 36.0 Å². The predicted octanol–water partition coefficient (Wildman–Crippen LogP) is 1.60. The van der Waals surface area contributed by atoms with E-state index in [9.17, 15) is 8.78 Å². The Morgan fingerprint density at radius 2 is 2.14 bits per heavy atom. The third-order valence-corrected chi connectivity index (χ3v) is 3.74. The lowest BCUT2D eigenvalue weighted by atomic mass is 10.0. The normalized spacial score (nSPS) is 15.4. The van der Waals surface area contributed by atoms with Crippen molar-refractivity contribution in [3.63, 3.8) is 0 Å². The van der Waals surface area contributed by atoms with Crippen LogP contribution in [0.2, 0.25) is 0 Å². The SMILES string of the molecule is Cc1ccc(N2CC(CNCc3nccn3C(F)F)C2)nn1. The van der Waals surface area contributed by atoms with Gasteiger partial charge in [0.15, 0.2) is 5.82 Å². The van der Waals surface area contributed by atoms with Gasteiger partial charge >= 0.3 is 6.55 Å². The summed E-state index contributed by atoms with van der Waals surface area (Å²) in [5.74, 6) is 1.73. The van der Waals surface area contributed by atoms with E-state index in [1.54, 1.807) is 0 Å². The summed E-state index contributed by atoms with van der Waals surface area (Å²) in [5.41, 5.74) is 0.900. The smallest absolute Gasteiger partial charge is 0.319 e. The molecule has 1 aliphatic rings. The number of anilines is 1. The highest BCUT2D eigenvalue weighted by Crippen LogP contribution is 2.21. The van der Waals surface area contributed by atoms with Crippen LogP contribution in [-0.4, -0.2) is 39.4 Å². The minimum atomic E-state index is -2.54. The number of alkyl halides is 2. The Morgan fingerprint density at radius 3 is 2.82 bits per heavy atom. The highest BCUT2D eigenvalue weighted by molar-refractivity contribution is 5.40. The van der Waals surface area contributed by atoms with Crippen LogP contribution in [-0.2, 0) is 6.54 Å². The molecule has 22 heavy (non-hydrogen) atoms. The van der Waals surface area contributed by atoms with Crippen LogP contribution >= 0.6 is 0 Å². The number of aromatic nitrogens is 4. The van der Waals surface area contributed by atoms with Crippen LogP contribution in [0.25, 0.3) is 0 Å². The Labute approximate surface area is 127 Å². The van der Waals surface area contributed by atoms with E-state index in [2.05, 4.69) is 25.4 Å². The van der Waals surface area contributed by atoms with Gasteiger partial charge in [-0.15, -0.1) is 5.10 Å². The topological polar surface area (TPSA) is 58.9 Å². The minimum Gasteiger partial charge on any atom is -0.354 e. The Balaban J connectivity index is 1.41. The van der Waals surface area contributed by atoms with Crippen LogP contribution in [0.1, 0.15) is 18.1 Å². The van der Waals surface area contributed by atoms with Crippen LogP contribution < -0.4 is 10.2 Å². The fraction of sp³-hybridized carbons (Fsp3) is 0.500. The zero-order valence-corrected chi connectivity index (χ0v) is 12.3. The molecule has 0 bridgehead atoms. The van der Waals surface area contributed by atoms with Crippen LogP contribution in [0.3, 0.4) is 0 Å². The van der Waals surface area contributed by atoms with E-state index in [0.29, 0.717) is 18.3 Å². The average molecular weight is 308 g/mol. The molecule has 1 aliphatic heterocycles. The number of nitrogens with one attached hydrogen (secondary N) is 1. The molecule has 0 aromatic carbocycles. The van der Waals surface area contributed by atoms with Gasteiger partial charge in [-0.25, -0.2) is 4.98 Å². The number of halogens is 2. The molecule has 0 unspecified atom stereocenters. The summed E-state index contributed by atoms with van der Waals surface area (Å²) in [4.78, 5) is 6.09. The molecule has 2 aromatic rings. The van der Waals surface area contributed by atoms with Crippen molar-refractivity contribution in [2.45, 2.75) is 20.0 Å². The maximum absolute atomic E-state index is 12.7. The molecule has 0 saturated carbocycles. The zero-order chi connectivity index (χ0) is 15.5. The summed E-state index contributed by atoms with van der Waals surface area (Å²) in [6.45, 7) is 2.27. The Bertz CT molecular complexity index is 606. The van der Waals surface area contributed by atoms with E-state index in [4.69, 9.17) is 0 Å². The lowest BCUT2D eigenvalue weighted by Crippen LogP contribution is -2.51. The Kier molecular flexibility index (Phi) is 4.28. The predicted molar refractivity (Wildman–Crippen MR) is 77.7 cm³/mol. The molecule has 3 rings (SSSR count). The van der Waals surface area contributed by atoms with E-state index in [1.165, 1.54) is 12.4 Å². The van der Waals surface area contributed by atoms with Crippen molar-refractivity contribution in [1.29, 1.82) is 0 Å². The maximum atomic E-state index is 12.7. The molecule has 1 fully saturated rings. The molecule has 0 amide bonds. The van der Waals surface area contributed by atoms with E-state index in [1.807, 2.05) is 19.1 Å². The summed E-state index contributed by atoms with van der Waals surface area (Å²) in [6.07, 6.45) is 2.69. The first kappa shape index (κ1) is 14.8. The molecule has 0 radical (unpaired) electrons. The van der Waals surface area contributed by atoms with E-state index >= 15 is 0 Å². The van der Waals surface area contributed by atoms with Crippen molar-refractivity contribution in [2.75, 3.05) is 24.5 Å². The van der Waals surface area contributed by atoms with Gasteiger partial charge in [0.25, 0.3) is 0 Å². The van der Waals surface area contributed by atoms with Gasteiger partial charge in [-0.2, -0.15) is 13.9 Å². The molecular weight excluding hydrogens is 290 g/mol. The van der Waals surface area contributed by atoms with Gasteiger partial charge in [0, 0.05) is 37.9 Å². The third kappa shape index (κ3) is 3.22. The van der Waals surface area contributed by atoms with Crippen molar-refractivity contribution in [1.82, 2.24) is 25.1 Å². The summed E-state index contributed by atoms with van der Waals surface area (Å²) >= 11 is 0. The summed E-state index contributed by atoms with van der Waals surface area (Å²) in [7, 11) is 0. The van der Waals surface area contributed by atoms with Gasteiger partial charge < -0.3 is 10.2 Å². The number of nitrogens with zero attached hydrogens (tertiary/aromatic N) is 5. The third-order valence-electron chi connectivity index (χ3n) is 3.74. The number of rotatable bonds is 6. The number of imidazole rings is 1. The molecule has 6 nitrogen and oxygen atoms in total. The van der Waals surface area contributed by atoms with Crippen LogP contribution in [0.15, 0.2) is 24.5 Å². The second-order valence-corrected chi connectivity index (χ2v) is 5.46. The Morgan fingerprint density at radius 1 is 1.32 bits per heavy atom. The van der Waals surface area contributed by atoms with Crippen molar-refractivity contribution >= 4 is 5.82 Å². The van der Waals surface area contributed by atoms with Crippen molar-refractivity contribution in [2.24, 2.45) is 5.92 Å². The minimum absolute atomic E-state index is 0.345. The molecule has 1 saturated heterocycles. The second kappa shape index (κ2) is 6.35. The molecule has 3 heterocycles. The quantitative estimate of drug-likeness (QED) is 0.878. The monoisotopic (exact) mass is 308 g/mol. The van der Waals surface area contributed by atoms with Crippen LogP contribution in [0.5, 0.6) is 0 Å². The first-order valence-corrected chi connectivity index (χ1v) is 7.19. The fourth-order valence-electron chi connectivity index (χ4n) is 2.49. The largest absolute Gasteiger partial charge is 0.354 e. The first-order valence-electron chi connectivity index (χ1n) is 7.19. The molecular formula is C14H18F2N6. The summed E-state index contributed by atoms with van der Waals surface area (Å²) in [6, 6.07) is 3.91. The van der Waals surface area contributed by atoms with E-state index in [0.717, 1.165) is 35.7 Å². The Hall–Kier alpha value is -2.09. The van der Waals surface area contributed by atoms with E-state index < -0.39 is 6.55 Å². The van der Waals surface area contributed by atoms with Gasteiger partial charge in [-0.05, 0) is 19.1 Å². The van der Waals surface area contributed by atoms with Gasteiger partial charge in [-0.1, -0.05) is 0 Å². The zero-order valence-electron chi connectivity index (χ0n) is 12.3. The molecule has 1 N–H and O–H groups in total. The number of hydrogen-bond donors (Lipinski definition) is 1. The summed E-state index contributed by atoms with van der Waals surface area (Å²) in [5, 5.41) is 11.4. The number of aryl methyl sites for hydroxylation is 1. The highest BCUT2D eigenvalue weighted by Gasteiger charge is 2.27. The first-order chi connectivity index (χ1) is 10.6. The van der Waals surface area contributed by atoms with Gasteiger partial charge in [0.1, 0.15) is 5.82 Å². The molecule has 0 spiro atoms.